The van der Waals surface area contributed by atoms with Crippen LogP contribution in [0.3, 0.4) is 0 Å². The molecule has 24 heavy (non-hydrogen) atoms. The van der Waals surface area contributed by atoms with Crippen molar-refractivity contribution in [3.63, 3.8) is 0 Å². The third kappa shape index (κ3) is 3.99. The number of benzene rings is 2. The average Bonchev–Trinajstić information content (AvgIpc) is 3.05. The van der Waals surface area contributed by atoms with Crippen molar-refractivity contribution < 1.29 is 13.9 Å². The number of amides is 1. The van der Waals surface area contributed by atoms with E-state index < -0.39 is 11.7 Å². The number of carbonyl (C=O) groups excluding carboxylic acids is 1. The number of halogens is 2. The van der Waals surface area contributed by atoms with Gasteiger partial charge >= 0.3 is 0 Å². The number of rotatable bonds is 5. The first-order chi connectivity index (χ1) is 11.6. The van der Waals surface area contributed by atoms with Crippen molar-refractivity contribution in [2.45, 2.75) is 6.73 Å². The highest BCUT2D eigenvalue weighted by molar-refractivity contribution is 9.10. The lowest BCUT2D eigenvalue weighted by atomic mass is 10.3. The minimum Gasteiger partial charge on any atom is -0.471 e. The van der Waals surface area contributed by atoms with Crippen LogP contribution >= 0.6 is 15.9 Å². The van der Waals surface area contributed by atoms with Crippen LogP contribution < -0.4 is 10.1 Å². The zero-order valence-corrected chi connectivity index (χ0v) is 14.0. The van der Waals surface area contributed by atoms with Crippen LogP contribution in [0, 0.1) is 5.82 Å². The molecular weight excluding hydrogens is 377 g/mol. The third-order valence-electron chi connectivity index (χ3n) is 3.16. The fraction of sp³-hybridized carbons (Fsp3) is 0.0588. The number of ether oxygens (including phenoxy) is 1. The summed E-state index contributed by atoms with van der Waals surface area (Å²) >= 11 is 3.16. The Hall–Kier alpha value is -2.67. The lowest BCUT2D eigenvalue weighted by molar-refractivity contribution is 0.101. The Labute approximate surface area is 146 Å². The molecular formula is C17H13BrFN3O2. The van der Waals surface area contributed by atoms with Crippen LogP contribution in [-0.4, -0.2) is 15.7 Å². The molecule has 0 aliphatic heterocycles. The van der Waals surface area contributed by atoms with Gasteiger partial charge in [0, 0.05) is 10.7 Å². The second-order valence-corrected chi connectivity index (χ2v) is 5.82. The summed E-state index contributed by atoms with van der Waals surface area (Å²) in [6.07, 6.45) is 1.62. The molecule has 0 aliphatic rings. The molecule has 2 aromatic carbocycles. The molecule has 7 heteroatoms. The van der Waals surface area contributed by atoms with Gasteiger partial charge in [-0.1, -0.05) is 34.1 Å². The standard InChI is InChI=1S/C17H13BrFN3O2/c18-12-6-7-15(14(19)10-12)20-17(23)16-8-9-22(21-16)11-24-13-4-2-1-3-5-13/h1-10H,11H2,(H,20,23). The zero-order valence-electron chi connectivity index (χ0n) is 12.4. The van der Waals surface area contributed by atoms with Crippen LogP contribution in [0.15, 0.2) is 65.3 Å². The minimum atomic E-state index is -0.524. The van der Waals surface area contributed by atoms with E-state index in [1.54, 1.807) is 18.3 Å². The Bertz CT molecular complexity index is 852. The molecule has 0 unspecified atom stereocenters. The summed E-state index contributed by atoms with van der Waals surface area (Å²) in [5.74, 6) is -0.310. The van der Waals surface area contributed by atoms with Crippen LogP contribution in [0.5, 0.6) is 5.75 Å². The van der Waals surface area contributed by atoms with Crippen molar-refractivity contribution in [2.75, 3.05) is 5.32 Å². The molecule has 1 N–H and O–H groups in total. The average molecular weight is 390 g/mol. The maximum Gasteiger partial charge on any atom is 0.276 e. The first kappa shape index (κ1) is 16.2. The highest BCUT2D eigenvalue weighted by Crippen LogP contribution is 2.19. The van der Waals surface area contributed by atoms with Gasteiger partial charge in [0.1, 0.15) is 11.6 Å². The van der Waals surface area contributed by atoms with Gasteiger partial charge in [-0.05, 0) is 36.4 Å². The molecule has 0 aliphatic carbocycles. The lowest BCUT2D eigenvalue weighted by Gasteiger charge is -2.06. The molecule has 0 saturated carbocycles. The van der Waals surface area contributed by atoms with Gasteiger partial charge in [-0.3, -0.25) is 4.79 Å². The number of anilines is 1. The normalized spacial score (nSPS) is 10.4. The van der Waals surface area contributed by atoms with Gasteiger partial charge in [0.15, 0.2) is 12.4 Å². The number of para-hydroxylation sites is 1. The minimum absolute atomic E-state index is 0.0956. The molecule has 0 atom stereocenters. The summed E-state index contributed by atoms with van der Waals surface area (Å²) in [5.41, 5.74) is 0.271. The van der Waals surface area contributed by atoms with E-state index in [2.05, 4.69) is 26.3 Å². The zero-order chi connectivity index (χ0) is 16.9. The Morgan fingerprint density at radius 1 is 1.21 bits per heavy atom. The van der Waals surface area contributed by atoms with Gasteiger partial charge in [-0.2, -0.15) is 5.10 Å². The molecule has 1 heterocycles. The van der Waals surface area contributed by atoms with Gasteiger partial charge in [0.05, 0.1) is 5.69 Å². The van der Waals surface area contributed by atoms with Gasteiger partial charge in [0.25, 0.3) is 5.91 Å². The van der Waals surface area contributed by atoms with Gasteiger partial charge in [0.2, 0.25) is 0 Å². The second-order valence-electron chi connectivity index (χ2n) is 4.91. The van der Waals surface area contributed by atoms with Crippen molar-refractivity contribution in [2.24, 2.45) is 0 Å². The summed E-state index contributed by atoms with van der Waals surface area (Å²) in [4.78, 5) is 12.1. The van der Waals surface area contributed by atoms with Gasteiger partial charge in [-0.15, -0.1) is 0 Å². The molecule has 3 rings (SSSR count). The Morgan fingerprint density at radius 3 is 2.75 bits per heavy atom. The molecule has 1 aromatic heterocycles. The number of hydrogen-bond donors (Lipinski definition) is 1. The van der Waals surface area contributed by atoms with E-state index >= 15 is 0 Å². The molecule has 0 radical (unpaired) electrons. The molecule has 1 amide bonds. The summed E-state index contributed by atoms with van der Waals surface area (Å²) in [6.45, 7) is 0.171. The number of nitrogens with zero attached hydrogens (tertiary/aromatic N) is 2. The monoisotopic (exact) mass is 389 g/mol. The van der Waals surface area contributed by atoms with E-state index in [0.29, 0.717) is 10.2 Å². The predicted molar refractivity (Wildman–Crippen MR) is 91.4 cm³/mol. The lowest BCUT2D eigenvalue weighted by Crippen LogP contribution is -2.15. The Balaban J connectivity index is 1.63. The van der Waals surface area contributed by atoms with E-state index in [9.17, 15) is 9.18 Å². The van der Waals surface area contributed by atoms with Crippen LogP contribution in [0.2, 0.25) is 0 Å². The first-order valence-electron chi connectivity index (χ1n) is 7.09. The first-order valence-corrected chi connectivity index (χ1v) is 7.89. The fourth-order valence-corrected chi connectivity index (χ4v) is 2.32. The molecule has 3 aromatic rings. The van der Waals surface area contributed by atoms with E-state index in [-0.39, 0.29) is 18.1 Å². The molecule has 0 fully saturated rings. The van der Waals surface area contributed by atoms with Crippen molar-refractivity contribution in [3.8, 4) is 5.75 Å². The van der Waals surface area contributed by atoms with Crippen molar-refractivity contribution >= 4 is 27.5 Å². The predicted octanol–water partition coefficient (Wildman–Crippen LogP) is 4.07. The van der Waals surface area contributed by atoms with E-state index in [1.165, 1.54) is 16.8 Å². The maximum atomic E-state index is 13.7. The second kappa shape index (κ2) is 7.27. The number of carbonyl (C=O) groups is 1. The van der Waals surface area contributed by atoms with Crippen LogP contribution in [-0.2, 0) is 6.73 Å². The summed E-state index contributed by atoms with van der Waals surface area (Å²) < 4.78 is 21.4. The fourth-order valence-electron chi connectivity index (χ4n) is 1.99. The Morgan fingerprint density at radius 2 is 2.00 bits per heavy atom. The highest BCUT2D eigenvalue weighted by atomic mass is 79.9. The highest BCUT2D eigenvalue weighted by Gasteiger charge is 2.12. The SMILES string of the molecule is O=C(Nc1ccc(Br)cc1F)c1ccn(COc2ccccc2)n1. The maximum absolute atomic E-state index is 13.7. The molecule has 5 nitrogen and oxygen atoms in total. The quantitative estimate of drug-likeness (QED) is 0.715. The van der Waals surface area contributed by atoms with E-state index in [1.807, 2.05) is 30.3 Å². The van der Waals surface area contributed by atoms with Crippen molar-refractivity contribution in [1.82, 2.24) is 9.78 Å². The van der Waals surface area contributed by atoms with E-state index in [4.69, 9.17) is 4.74 Å². The van der Waals surface area contributed by atoms with Crippen molar-refractivity contribution in [3.05, 3.63) is 76.8 Å². The van der Waals surface area contributed by atoms with Gasteiger partial charge in [-0.25, -0.2) is 9.07 Å². The van der Waals surface area contributed by atoms with E-state index in [0.717, 1.165) is 0 Å². The molecule has 0 spiro atoms. The smallest absolute Gasteiger partial charge is 0.276 e. The third-order valence-corrected chi connectivity index (χ3v) is 3.65. The van der Waals surface area contributed by atoms with Crippen molar-refractivity contribution in [1.29, 1.82) is 0 Å². The number of aromatic nitrogens is 2. The molecule has 0 bridgehead atoms. The number of nitrogens with one attached hydrogen (secondary N) is 1. The summed E-state index contributed by atoms with van der Waals surface area (Å²) in [6, 6.07) is 15.2. The molecule has 122 valence electrons. The number of hydrogen-bond acceptors (Lipinski definition) is 3. The molecule has 0 saturated heterocycles. The van der Waals surface area contributed by atoms with Crippen LogP contribution in [0.4, 0.5) is 10.1 Å². The largest absolute Gasteiger partial charge is 0.471 e. The van der Waals surface area contributed by atoms with Gasteiger partial charge < -0.3 is 10.1 Å². The summed E-state index contributed by atoms with van der Waals surface area (Å²) in [5, 5.41) is 6.61. The summed E-state index contributed by atoms with van der Waals surface area (Å²) in [7, 11) is 0. The van der Waals surface area contributed by atoms with Crippen LogP contribution in [0.1, 0.15) is 10.5 Å². The Kier molecular flexibility index (Phi) is 4.90. The van der Waals surface area contributed by atoms with Crippen LogP contribution in [0.25, 0.3) is 0 Å². The topological polar surface area (TPSA) is 56.2 Å².